The molecule has 2 amide bonds. The molecule has 0 heterocycles. The van der Waals surface area contributed by atoms with E-state index in [0.29, 0.717) is 13.0 Å². The van der Waals surface area contributed by atoms with Crippen molar-refractivity contribution in [1.82, 2.24) is 10.2 Å². The molecule has 2 aromatic carbocycles. The first kappa shape index (κ1) is 24.3. The summed E-state index contributed by atoms with van der Waals surface area (Å²) in [7, 11) is 0. The van der Waals surface area contributed by atoms with E-state index in [1.165, 1.54) is 4.90 Å². The molecule has 7 heteroatoms. The van der Waals surface area contributed by atoms with E-state index in [1.54, 1.807) is 0 Å². The minimum absolute atomic E-state index is 0.0285. The van der Waals surface area contributed by atoms with Crippen LogP contribution in [-0.2, 0) is 14.3 Å². The maximum Gasteiger partial charge on any atom is 0.407 e. The average molecular weight is 453 g/mol. The van der Waals surface area contributed by atoms with Crippen LogP contribution in [-0.4, -0.2) is 53.7 Å². The number of hydrogen-bond acceptors (Lipinski definition) is 4. The van der Waals surface area contributed by atoms with Gasteiger partial charge in [-0.15, -0.1) is 0 Å². The maximum atomic E-state index is 12.7. The van der Waals surface area contributed by atoms with Crippen LogP contribution < -0.4 is 5.32 Å². The fraction of sp³-hybridized carbons (Fsp3) is 0.423. The highest BCUT2D eigenvalue weighted by molar-refractivity contribution is 5.82. The van der Waals surface area contributed by atoms with Gasteiger partial charge in [0.1, 0.15) is 13.2 Å². The summed E-state index contributed by atoms with van der Waals surface area (Å²) < 4.78 is 5.57. The molecule has 2 N–H and O–H groups in total. The number of ether oxygens (including phenoxy) is 1. The van der Waals surface area contributed by atoms with Crippen molar-refractivity contribution in [2.24, 2.45) is 5.92 Å². The van der Waals surface area contributed by atoms with Crippen LogP contribution in [0.25, 0.3) is 11.1 Å². The number of carbonyl (C=O) groups is 3. The van der Waals surface area contributed by atoms with Crippen LogP contribution in [0.2, 0.25) is 0 Å². The Morgan fingerprint density at radius 1 is 1.03 bits per heavy atom. The molecule has 0 fully saturated rings. The molecule has 0 saturated carbocycles. The fourth-order valence-corrected chi connectivity index (χ4v) is 4.30. The molecular formula is C26H32N2O5. The quantitative estimate of drug-likeness (QED) is 0.561. The Balaban J connectivity index is 1.59. The lowest BCUT2D eigenvalue weighted by Crippen LogP contribution is -2.43. The predicted octanol–water partition coefficient (Wildman–Crippen LogP) is 4.26. The molecule has 1 aliphatic carbocycles. The molecule has 2 aromatic rings. The number of aliphatic carboxylic acids is 1. The number of carbonyl (C=O) groups excluding carboxylic acids is 2. The van der Waals surface area contributed by atoms with Gasteiger partial charge in [0, 0.05) is 24.9 Å². The van der Waals surface area contributed by atoms with Gasteiger partial charge >= 0.3 is 12.1 Å². The lowest BCUT2D eigenvalue weighted by Gasteiger charge is -2.25. The summed E-state index contributed by atoms with van der Waals surface area (Å²) in [4.78, 5) is 37.7. The topological polar surface area (TPSA) is 95.9 Å². The zero-order chi connectivity index (χ0) is 24.0. The molecule has 0 saturated heterocycles. The van der Waals surface area contributed by atoms with Crippen molar-refractivity contribution in [1.29, 1.82) is 0 Å². The minimum atomic E-state index is -1.05. The van der Waals surface area contributed by atoms with Crippen molar-refractivity contribution in [3.63, 3.8) is 0 Å². The third-order valence-electron chi connectivity index (χ3n) is 5.84. The van der Waals surface area contributed by atoms with Crippen LogP contribution in [0.3, 0.4) is 0 Å². The van der Waals surface area contributed by atoms with Crippen molar-refractivity contribution < 1.29 is 24.2 Å². The number of rotatable bonds is 10. The first-order valence-electron chi connectivity index (χ1n) is 11.4. The van der Waals surface area contributed by atoms with Crippen LogP contribution >= 0.6 is 0 Å². The van der Waals surface area contributed by atoms with Gasteiger partial charge in [0.2, 0.25) is 5.91 Å². The standard InChI is InChI=1S/C26H32N2O5/c1-4-18(13-24(29)28(14-17(2)3)15-25(30)31)27-26(32)33-16-23-21-11-7-5-9-19(21)20-10-6-8-12-22(20)23/h5-12,17-18,23H,4,13-16H2,1-3H3,(H,27,32)(H,30,31)/t18-/m1/s1. The molecule has 0 radical (unpaired) electrons. The van der Waals surface area contributed by atoms with Gasteiger partial charge in [0.15, 0.2) is 0 Å². The van der Waals surface area contributed by atoms with E-state index in [4.69, 9.17) is 9.84 Å². The lowest BCUT2D eigenvalue weighted by atomic mass is 9.98. The molecule has 3 rings (SSSR count). The number of fused-ring (bicyclic) bond motifs is 3. The van der Waals surface area contributed by atoms with E-state index in [1.807, 2.05) is 45.0 Å². The molecule has 0 aliphatic heterocycles. The molecule has 33 heavy (non-hydrogen) atoms. The Kier molecular flexibility index (Phi) is 8.09. The average Bonchev–Trinajstić information content (AvgIpc) is 3.10. The molecule has 0 bridgehead atoms. The van der Waals surface area contributed by atoms with Crippen LogP contribution in [0.1, 0.15) is 50.7 Å². The van der Waals surface area contributed by atoms with Gasteiger partial charge in [-0.05, 0) is 34.6 Å². The summed E-state index contributed by atoms with van der Waals surface area (Å²) in [5.74, 6) is -1.25. The van der Waals surface area contributed by atoms with Gasteiger partial charge in [0.05, 0.1) is 0 Å². The summed E-state index contributed by atoms with van der Waals surface area (Å²) in [5.41, 5.74) is 4.57. The second-order valence-corrected chi connectivity index (χ2v) is 8.84. The molecule has 1 atom stereocenters. The Bertz CT molecular complexity index is 958. The van der Waals surface area contributed by atoms with Crippen molar-refractivity contribution in [2.45, 2.75) is 45.6 Å². The second-order valence-electron chi connectivity index (χ2n) is 8.84. The van der Waals surface area contributed by atoms with Crippen LogP contribution in [0, 0.1) is 5.92 Å². The van der Waals surface area contributed by atoms with E-state index in [2.05, 4.69) is 29.6 Å². The van der Waals surface area contributed by atoms with Crippen molar-refractivity contribution >= 4 is 18.0 Å². The minimum Gasteiger partial charge on any atom is -0.480 e. The van der Waals surface area contributed by atoms with E-state index in [0.717, 1.165) is 22.3 Å². The first-order valence-corrected chi connectivity index (χ1v) is 11.4. The largest absolute Gasteiger partial charge is 0.480 e. The van der Waals surface area contributed by atoms with Gasteiger partial charge in [0.25, 0.3) is 0 Å². The molecule has 7 nitrogen and oxygen atoms in total. The number of nitrogens with one attached hydrogen (secondary N) is 1. The Hall–Kier alpha value is -3.35. The molecule has 0 aromatic heterocycles. The lowest BCUT2D eigenvalue weighted by molar-refractivity contribution is -0.145. The first-order chi connectivity index (χ1) is 15.8. The highest BCUT2D eigenvalue weighted by atomic mass is 16.5. The normalized spacial score (nSPS) is 13.2. The van der Waals surface area contributed by atoms with E-state index >= 15 is 0 Å². The SMILES string of the molecule is CC[C@H](CC(=O)N(CC(=O)O)CC(C)C)NC(=O)OCC1c2ccccc2-c2ccccc21. The van der Waals surface area contributed by atoms with Gasteiger partial charge in [-0.3, -0.25) is 9.59 Å². The fourth-order valence-electron chi connectivity index (χ4n) is 4.30. The van der Waals surface area contributed by atoms with Crippen molar-refractivity contribution in [2.75, 3.05) is 19.7 Å². The summed E-state index contributed by atoms with van der Waals surface area (Å²) in [6.07, 6.45) is -0.0238. The third kappa shape index (κ3) is 6.12. The maximum absolute atomic E-state index is 12.7. The van der Waals surface area contributed by atoms with Crippen LogP contribution in [0.5, 0.6) is 0 Å². The molecule has 176 valence electrons. The second kappa shape index (κ2) is 11.0. The van der Waals surface area contributed by atoms with Crippen molar-refractivity contribution in [3.05, 3.63) is 59.7 Å². The summed E-state index contributed by atoms with van der Waals surface area (Å²) in [5, 5.41) is 11.9. The smallest absolute Gasteiger partial charge is 0.407 e. The molecule has 0 spiro atoms. The molecule has 0 unspecified atom stereocenters. The Morgan fingerprint density at radius 3 is 2.12 bits per heavy atom. The Morgan fingerprint density at radius 2 is 1.61 bits per heavy atom. The number of amides is 2. The predicted molar refractivity (Wildman–Crippen MR) is 126 cm³/mol. The summed E-state index contributed by atoms with van der Waals surface area (Å²) in [6, 6.07) is 15.8. The number of nitrogens with zero attached hydrogens (tertiary/aromatic N) is 1. The zero-order valence-corrected chi connectivity index (χ0v) is 19.4. The highest BCUT2D eigenvalue weighted by Gasteiger charge is 2.29. The number of alkyl carbamates (subject to hydrolysis) is 1. The molecular weight excluding hydrogens is 420 g/mol. The number of carboxylic acids is 1. The van der Waals surface area contributed by atoms with Gasteiger partial charge in [-0.2, -0.15) is 0 Å². The van der Waals surface area contributed by atoms with Gasteiger partial charge < -0.3 is 20.1 Å². The summed E-state index contributed by atoms with van der Waals surface area (Å²) >= 11 is 0. The molecule has 1 aliphatic rings. The summed E-state index contributed by atoms with van der Waals surface area (Å²) in [6.45, 7) is 5.92. The zero-order valence-electron chi connectivity index (χ0n) is 19.4. The van der Waals surface area contributed by atoms with Gasteiger partial charge in [-0.25, -0.2) is 4.79 Å². The number of hydrogen-bond donors (Lipinski definition) is 2. The van der Waals surface area contributed by atoms with E-state index in [9.17, 15) is 14.4 Å². The van der Waals surface area contributed by atoms with Crippen LogP contribution in [0.4, 0.5) is 4.79 Å². The Labute approximate surface area is 194 Å². The van der Waals surface area contributed by atoms with Gasteiger partial charge in [-0.1, -0.05) is 69.3 Å². The third-order valence-corrected chi connectivity index (χ3v) is 5.84. The van der Waals surface area contributed by atoms with E-state index in [-0.39, 0.29) is 37.3 Å². The monoisotopic (exact) mass is 452 g/mol. The highest BCUT2D eigenvalue weighted by Crippen LogP contribution is 2.44. The number of benzene rings is 2. The van der Waals surface area contributed by atoms with Crippen LogP contribution in [0.15, 0.2) is 48.5 Å². The van der Waals surface area contributed by atoms with Crippen molar-refractivity contribution in [3.8, 4) is 11.1 Å². The van der Waals surface area contributed by atoms with E-state index < -0.39 is 18.1 Å². The number of carboxylic acid groups (broad SMARTS) is 1.